The Morgan fingerprint density at radius 3 is 2.65 bits per heavy atom. The van der Waals surface area contributed by atoms with Crippen LogP contribution in [-0.4, -0.2) is 43.5 Å². The molecule has 1 aromatic rings. The van der Waals surface area contributed by atoms with Crippen LogP contribution in [0.4, 0.5) is 6.01 Å². The van der Waals surface area contributed by atoms with E-state index in [0.29, 0.717) is 18.5 Å². The largest absolute Gasteiger partial charge is 0.406 e. The summed E-state index contributed by atoms with van der Waals surface area (Å²) in [6, 6.07) is 0.589. The van der Waals surface area contributed by atoms with Crippen molar-refractivity contribution in [3.8, 4) is 0 Å². The minimum atomic E-state index is 0.0663. The molecule has 17 heavy (non-hydrogen) atoms. The van der Waals surface area contributed by atoms with Crippen molar-refractivity contribution in [1.29, 1.82) is 0 Å². The van der Waals surface area contributed by atoms with Gasteiger partial charge < -0.3 is 19.4 Å². The quantitative estimate of drug-likeness (QED) is 0.775. The molecule has 1 N–H and O–H groups in total. The van der Waals surface area contributed by atoms with Gasteiger partial charge in [0.25, 0.3) is 0 Å². The van der Waals surface area contributed by atoms with Crippen LogP contribution in [0.25, 0.3) is 0 Å². The van der Waals surface area contributed by atoms with Crippen molar-refractivity contribution in [3.05, 3.63) is 5.89 Å². The van der Waals surface area contributed by atoms with Gasteiger partial charge in [-0.25, -0.2) is 0 Å². The van der Waals surface area contributed by atoms with Crippen LogP contribution in [0.1, 0.15) is 32.7 Å². The van der Waals surface area contributed by atoms with E-state index in [1.54, 1.807) is 0 Å². The molecule has 6 heteroatoms. The van der Waals surface area contributed by atoms with E-state index >= 15 is 0 Å². The van der Waals surface area contributed by atoms with Gasteiger partial charge in [-0.15, -0.1) is 5.10 Å². The van der Waals surface area contributed by atoms with E-state index in [1.165, 1.54) is 0 Å². The first-order valence-corrected chi connectivity index (χ1v) is 5.88. The summed E-state index contributed by atoms with van der Waals surface area (Å²) in [5.41, 5.74) is 0. The molecule has 1 aromatic heterocycles. The van der Waals surface area contributed by atoms with Gasteiger partial charge in [0.2, 0.25) is 5.89 Å². The molecule has 0 aromatic carbocycles. The van der Waals surface area contributed by atoms with Crippen LogP contribution in [0.2, 0.25) is 0 Å². The maximum Gasteiger partial charge on any atom is 0.318 e. The van der Waals surface area contributed by atoms with Crippen LogP contribution in [0.5, 0.6) is 0 Å². The lowest BCUT2D eigenvalue weighted by atomic mass is 10.3. The molecule has 98 valence electrons. The van der Waals surface area contributed by atoms with Crippen molar-refractivity contribution in [1.82, 2.24) is 15.5 Å². The number of nitrogens with one attached hydrogen (secondary N) is 1. The third kappa shape index (κ3) is 4.32. The van der Waals surface area contributed by atoms with Gasteiger partial charge in [0.05, 0.1) is 18.8 Å². The molecule has 1 atom stereocenters. The van der Waals surface area contributed by atoms with Gasteiger partial charge in [-0.2, -0.15) is 0 Å². The second kappa shape index (κ2) is 6.56. The molecule has 0 amide bonds. The number of aromatic nitrogens is 2. The van der Waals surface area contributed by atoms with E-state index in [-0.39, 0.29) is 12.1 Å². The standard InChI is InChI=1S/C11H22N4O2/c1-8(2)16-7-6-15(5)11-14-13-10(17-11)9(3)12-4/h8-9,12H,6-7H2,1-5H3. The van der Waals surface area contributed by atoms with Crippen LogP contribution in [0.3, 0.4) is 0 Å². The minimum Gasteiger partial charge on any atom is -0.406 e. The summed E-state index contributed by atoms with van der Waals surface area (Å²) in [4.78, 5) is 1.89. The Morgan fingerprint density at radius 2 is 2.06 bits per heavy atom. The topological polar surface area (TPSA) is 63.4 Å². The summed E-state index contributed by atoms with van der Waals surface area (Å²) >= 11 is 0. The zero-order valence-electron chi connectivity index (χ0n) is 11.2. The number of hydrogen-bond acceptors (Lipinski definition) is 6. The summed E-state index contributed by atoms with van der Waals surface area (Å²) in [6.45, 7) is 7.37. The van der Waals surface area contributed by atoms with E-state index in [1.807, 2.05) is 39.8 Å². The fourth-order valence-corrected chi connectivity index (χ4v) is 1.20. The second-order valence-corrected chi connectivity index (χ2v) is 4.27. The van der Waals surface area contributed by atoms with Crippen molar-refractivity contribution < 1.29 is 9.15 Å². The number of ether oxygens (including phenoxy) is 1. The monoisotopic (exact) mass is 242 g/mol. The number of rotatable bonds is 7. The molecule has 0 radical (unpaired) electrons. The van der Waals surface area contributed by atoms with Crippen molar-refractivity contribution in [2.75, 3.05) is 32.1 Å². The van der Waals surface area contributed by atoms with E-state index in [2.05, 4.69) is 15.5 Å². The zero-order valence-corrected chi connectivity index (χ0v) is 11.2. The molecular formula is C11H22N4O2. The maximum atomic E-state index is 5.54. The molecule has 0 spiro atoms. The zero-order chi connectivity index (χ0) is 12.8. The maximum absolute atomic E-state index is 5.54. The fourth-order valence-electron chi connectivity index (χ4n) is 1.20. The number of hydrogen-bond donors (Lipinski definition) is 1. The molecule has 0 aliphatic rings. The average Bonchev–Trinajstić information content (AvgIpc) is 2.76. The summed E-state index contributed by atoms with van der Waals surface area (Å²) in [5.74, 6) is 0.596. The first-order valence-electron chi connectivity index (χ1n) is 5.88. The van der Waals surface area contributed by atoms with Gasteiger partial charge in [-0.3, -0.25) is 0 Å². The average molecular weight is 242 g/mol. The van der Waals surface area contributed by atoms with Crippen molar-refractivity contribution in [3.63, 3.8) is 0 Å². The van der Waals surface area contributed by atoms with Crippen LogP contribution in [0, 0.1) is 0 Å². The first kappa shape index (κ1) is 13.9. The third-order valence-electron chi connectivity index (χ3n) is 2.44. The molecule has 0 bridgehead atoms. The van der Waals surface area contributed by atoms with Crippen LogP contribution in [-0.2, 0) is 4.74 Å². The van der Waals surface area contributed by atoms with Gasteiger partial charge in [-0.1, -0.05) is 5.10 Å². The first-order chi connectivity index (χ1) is 8.04. The van der Waals surface area contributed by atoms with E-state index in [9.17, 15) is 0 Å². The smallest absolute Gasteiger partial charge is 0.318 e. The molecular weight excluding hydrogens is 220 g/mol. The molecule has 1 unspecified atom stereocenters. The van der Waals surface area contributed by atoms with E-state index in [4.69, 9.17) is 9.15 Å². The molecule has 1 heterocycles. The summed E-state index contributed by atoms with van der Waals surface area (Å²) < 4.78 is 11.0. The number of nitrogens with zero attached hydrogens (tertiary/aromatic N) is 3. The van der Waals surface area contributed by atoms with E-state index in [0.717, 1.165) is 6.54 Å². The molecule has 1 rings (SSSR count). The normalized spacial score (nSPS) is 13.1. The molecule has 0 saturated heterocycles. The molecule has 0 aliphatic carbocycles. The van der Waals surface area contributed by atoms with Crippen molar-refractivity contribution in [2.45, 2.75) is 32.9 Å². The third-order valence-corrected chi connectivity index (χ3v) is 2.44. The molecule has 0 fully saturated rings. The highest BCUT2D eigenvalue weighted by molar-refractivity contribution is 5.21. The Balaban J connectivity index is 2.46. The van der Waals surface area contributed by atoms with Gasteiger partial charge >= 0.3 is 6.01 Å². The van der Waals surface area contributed by atoms with Gasteiger partial charge in [-0.05, 0) is 27.8 Å². The Hall–Kier alpha value is -1.14. The lowest BCUT2D eigenvalue weighted by molar-refractivity contribution is 0.0841. The lowest BCUT2D eigenvalue weighted by Gasteiger charge is -2.15. The van der Waals surface area contributed by atoms with Crippen LogP contribution < -0.4 is 10.2 Å². The summed E-state index contributed by atoms with van der Waals surface area (Å²) in [6.07, 6.45) is 0.242. The highest BCUT2D eigenvalue weighted by Gasteiger charge is 2.14. The predicted molar refractivity (Wildman–Crippen MR) is 66.1 cm³/mol. The van der Waals surface area contributed by atoms with Gasteiger partial charge in [0.15, 0.2) is 0 Å². The molecule has 0 saturated carbocycles. The SMILES string of the molecule is CNC(C)c1nnc(N(C)CCOC(C)C)o1. The highest BCUT2D eigenvalue weighted by Crippen LogP contribution is 2.15. The van der Waals surface area contributed by atoms with E-state index < -0.39 is 0 Å². The Labute approximate surface area is 102 Å². The Kier molecular flexibility index (Phi) is 5.37. The van der Waals surface area contributed by atoms with Gasteiger partial charge in [0, 0.05) is 13.6 Å². The fraction of sp³-hybridized carbons (Fsp3) is 0.818. The van der Waals surface area contributed by atoms with Crippen molar-refractivity contribution >= 4 is 6.01 Å². The van der Waals surface area contributed by atoms with Crippen molar-refractivity contribution in [2.24, 2.45) is 0 Å². The lowest BCUT2D eigenvalue weighted by Crippen LogP contribution is -2.24. The van der Waals surface area contributed by atoms with Crippen LogP contribution in [0.15, 0.2) is 4.42 Å². The predicted octanol–water partition coefficient (Wildman–Crippen LogP) is 1.21. The summed E-state index contributed by atoms with van der Waals surface area (Å²) in [5, 5.41) is 11.0. The minimum absolute atomic E-state index is 0.0663. The Morgan fingerprint density at radius 1 is 1.35 bits per heavy atom. The summed E-state index contributed by atoms with van der Waals surface area (Å²) in [7, 11) is 3.76. The van der Waals surface area contributed by atoms with Crippen LogP contribution >= 0.6 is 0 Å². The van der Waals surface area contributed by atoms with Gasteiger partial charge in [0.1, 0.15) is 0 Å². The molecule has 0 aliphatic heterocycles. The number of anilines is 1. The highest BCUT2D eigenvalue weighted by atomic mass is 16.5. The second-order valence-electron chi connectivity index (χ2n) is 4.27. The molecule has 6 nitrogen and oxygen atoms in total. The number of likely N-dealkylation sites (N-methyl/N-ethyl adjacent to an activating group) is 1. The Bertz CT molecular complexity index is 327.